The molecule has 3 heteroatoms. The van der Waals surface area contributed by atoms with Gasteiger partial charge in [0.25, 0.3) is 0 Å². The molecule has 82 valence electrons. The number of hydrogen-bond acceptors (Lipinski definition) is 2. The van der Waals surface area contributed by atoms with E-state index in [0.29, 0.717) is 6.04 Å². The van der Waals surface area contributed by atoms with Crippen LogP contribution in [0.15, 0.2) is 6.33 Å². The van der Waals surface area contributed by atoms with E-state index in [1.807, 2.05) is 6.33 Å². The van der Waals surface area contributed by atoms with Crippen molar-refractivity contribution >= 4 is 0 Å². The fraction of sp³-hybridized carbons (Fsp3) is 0.750. The monoisotopic (exact) mass is 205 g/mol. The predicted octanol–water partition coefficient (Wildman–Crippen LogP) is 1.98. The van der Waals surface area contributed by atoms with Gasteiger partial charge in [0.15, 0.2) is 0 Å². The molecule has 0 saturated heterocycles. The Morgan fingerprint density at radius 3 is 2.80 bits per heavy atom. The van der Waals surface area contributed by atoms with E-state index in [0.717, 1.165) is 19.0 Å². The molecular formula is C12H19N3. The van der Waals surface area contributed by atoms with Crippen LogP contribution in [-0.4, -0.2) is 27.0 Å². The van der Waals surface area contributed by atoms with Gasteiger partial charge < -0.3 is 4.57 Å². The van der Waals surface area contributed by atoms with E-state index in [-0.39, 0.29) is 0 Å². The summed E-state index contributed by atoms with van der Waals surface area (Å²) in [5.74, 6) is 0.786. The van der Waals surface area contributed by atoms with Crippen molar-refractivity contribution in [3.8, 4) is 0 Å². The van der Waals surface area contributed by atoms with Crippen molar-refractivity contribution in [3.05, 3.63) is 17.7 Å². The first-order chi connectivity index (χ1) is 7.25. The van der Waals surface area contributed by atoms with E-state index in [9.17, 15) is 0 Å². The molecule has 1 aliphatic heterocycles. The van der Waals surface area contributed by atoms with Crippen LogP contribution in [-0.2, 0) is 13.1 Å². The second-order valence-electron chi connectivity index (χ2n) is 5.11. The summed E-state index contributed by atoms with van der Waals surface area (Å²) >= 11 is 0. The predicted molar refractivity (Wildman–Crippen MR) is 59.7 cm³/mol. The molecule has 0 atom stereocenters. The Labute approximate surface area is 91.1 Å². The molecule has 0 spiro atoms. The largest absolute Gasteiger partial charge is 0.332 e. The molecule has 0 radical (unpaired) electrons. The van der Waals surface area contributed by atoms with E-state index in [1.54, 1.807) is 0 Å². The van der Waals surface area contributed by atoms with Crippen molar-refractivity contribution in [2.75, 3.05) is 6.54 Å². The molecule has 3 nitrogen and oxygen atoms in total. The molecule has 1 saturated carbocycles. The third kappa shape index (κ3) is 1.59. The smallest absolute Gasteiger partial charge is 0.0952 e. The van der Waals surface area contributed by atoms with Crippen molar-refractivity contribution < 1.29 is 0 Å². The van der Waals surface area contributed by atoms with Gasteiger partial charge in [0.2, 0.25) is 0 Å². The lowest BCUT2D eigenvalue weighted by Crippen LogP contribution is -2.38. The normalized spacial score (nSPS) is 22.1. The van der Waals surface area contributed by atoms with Crippen molar-refractivity contribution in [1.29, 1.82) is 0 Å². The van der Waals surface area contributed by atoms with Gasteiger partial charge in [0.05, 0.1) is 17.7 Å². The van der Waals surface area contributed by atoms with Gasteiger partial charge >= 0.3 is 0 Å². The second-order valence-corrected chi connectivity index (χ2v) is 5.11. The standard InChI is InChI=1S/C12H19N3/c1-9(2)14-5-6-15-8-13-12(10-3-4-10)11(15)7-14/h8-10H,3-7H2,1-2H3. The molecule has 0 bridgehead atoms. The van der Waals surface area contributed by atoms with E-state index in [4.69, 9.17) is 0 Å². The fourth-order valence-electron chi connectivity index (χ4n) is 2.43. The highest BCUT2D eigenvalue weighted by Gasteiger charge is 2.31. The Hall–Kier alpha value is -0.830. The molecule has 3 rings (SSSR count). The first kappa shape index (κ1) is 9.40. The van der Waals surface area contributed by atoms with E-state index in [2.05, 4.69) is 28.3 Å². The summed E-state index contributed by atoms with van der Waals surface area (Å²) in [4.78, 5) is 7.13. The Morgan fingerprint density at radius 2 is 2.13 bits per heavy atom. The van der Waals surface area contributed by atoms with Gasteiger partial charge in [-0.3, -0.25) is 4.90 Å². The van der Waals surface area contributed by atoms with Crippen molar-refractivity contribution in [2.45, 2.75) is 51.7 Å². The van der Waals surface area contributed by atoms with Crippen LogP contribution >= 0.6 is 0 Å². The lowest BCUT2D eigenvalue weighted by Gasteiger charge is -2.31. The Kier molecular flexibility index (Phi) is 2.09. The van der Waals surface area contributed by atoms with Gasteiger partial charge in [-0.1, -0.05) is 0 Å². The maximum Gasteiger partial charge on any atom is 0.0952 e. The highest BCUT2D eigenvalue weighted by molar-refractivity contribution is 5.23. The fourth-order valence-corrected chi connectivity index (χ4v) is 2.43. The minimum atomic E-state index is 0.653. The Bertz CT molecular complexity index is 363. The summed E-state index contributed by atoms with van der Waals surface area (Å²) in [5, 5.41) is 0. The first-order valence-electron chi connectivity index (χ1n) is 6.03. The number of nitrogens with zero attached hydrogens (tertiary/aromatic N) is 3. The third-order valence-electron chi connectivity index (χ3n) is 3.65. The molecule has 1 fully saturated rings. The third-order valence-corrected chi connectivity index (χ3v) is 3.65. The van der Waals surface area contributed by atoms with E-state index < -0.39 is 0 Å². The average Bonchev–Trinajstić information content (AvgIpc) is 2.98. The van der Waals surface area contributed by atoms with Crippen LogP contribution in [0.5, 0.6) is 0 Å². The van der Waals surface area contributed by atoms with Gasteiger partial charge in [0, 0.05) is 31.6 Å². The zero-order valence-corrected chi connectivity index (χ0v) is 9.61. The number of imidazole rings is 1. The molecule has 0 N–H and O–H groups in total. The number of aromatic nitrogens is 2. The van der Waals surface area contributed by atoms with E-state index in [1.165, 1.54) is 30.8 Å². The van der Waals surface area contributed by atoms with Crippen molar-refractivity contribution in [3.63, 3.8) is 0 Å². The number of rotatable bonds is 2. The van der Waals surface area contributed by atoms with Crippen molar-refractivity contribution in [1.82, 2.24) is 14.5 Å². The van der Waals surface area contributed by atoms with Crippen LogP contribution in [0.3, 0.4) is 0 Å². The van der Waals surface area contributed by atoms with Crippen molar-refractivity contribution in [2.24, 2.45) is 0 Å². The summed E-state index contributed by atoms with van der Waals surface area (Å²) < 4.78 is 2.35. The molecule has 2 aliphatic rings. The first-order valence-corrected chi connectivity index (χ1v) is 6.03. The lowest BCUT2D eigenvalue weighted by molar-refractivity contribution is 0.176. The number of hydrogen-bond donors (Lipinski definition) is 0. The van der Waals surface area contributed by atoms with Gasteiger partial charge in [0.1, 0.15) is 0 Å². The zero-order valence-electron chi connectivity index (χ0n) is 9.61. The van der Waals surface area contributed by atoms with Gasteiger partial charge in [-0.2, -0.15) is 0 Å². The minimum absolute atomic E-state index is 0.653. The van der Waals surface area contributed by atoms with Gasteiger partial charge in [-0.15, -0.1) is 0 Å². The van der Waals surface area contributed by atoms with Crippen LogP contribution < -0.4 is 0 Å². The topological polar surface area (TPSA) is 21.1 Å². The summed E-state index contributed by atoms with van der Waals surface area (Å²) in [6.07, 6.45) is 4.75. The molecule has 0 unspecified atom stereocenters. The second kappa shape index (κ2) is 3.34. The summed E-state index contributed by atoms with van der Waals surface area (Å²) in [6.45, 7) is 7.95. The Balaban J connectivity index is 1.88. The summed E-state index contributed by atoms with van der Waals surface area (Å²) in [6, 6.07) is 0.653. The maximum absolute atomic E-state index is 4.59. The molecule has 1 aliphatic carbocycles. The average molecular weight is 205 g/mol. The van der Waals surface area contributed by atoms with Crippen LogP contribution in [0.4, 0.5) is 0 Å². The molecule has 1 aromatic rings. The molecule has 1 aromatic heterocycles. The molecule has 0 aromatic carbocycles. The quantitative estimate of drug-likeness (QED) is 0.736. The highest BCUT2D eigenvalue weighted by Crippen LogP contribution is 2.41. The molecule has 15 heavy (non-hydrogen) atoms. The van der Waals surface area contributed by atoms with E-state index >= 15 is 0 Å². The van der Waals surface area contributed by atoms with Crippen LogP contribution in [0.25, 0.3) is 0 Å². The molecular weight excluding hydrogens is 186 g/mol. The molecule has 2 heterocycles. The summed E-state index contributed by atoms with van der Waals surface area (Å²) in [5.41, 5.74) is 2.87. The maximum atomic E-state index is 4.59. The zero-order chi connectivity index (χ0) is 10.4. The minimum Gasteiger partial charge on any atom is -0.332 e. The summed E-state index contributed by atoms with van der Waals surface area (Å²) in [7, 11) is 0. The van der Waals surface area contributed by atoms with Crippen LogP contribution in [0.2, 0.25) is 0 Å². The van der Waals surface area contributed by atoms with Crippen LogP contribution in [0, 0.1) is 0 Å². The Morgan fingerprint density at radius 1 is 1.33 bits per heavy atom. The highest BCUT2D eigenvalue weighted by atomic mass is 15.2. The van der Waals surface area contributed by atoms with Crippen LogP contribution in [0.1, 0.15) is 44.0 Å². The number of fused-ring (bicyclic) bond motifs is 1. The van der Waals surface area contributed by atoms with Gasteiger partial charge in [-0.25, -0.2) is 4.98 Å². The van der Waals surface area contributed by atoms with Gasteiger partial charge in [-0.05, 0) is 26.7 Å². The SMILES string of the molecule is CC(C)N1CCn2cnc(C3CC3)c2C1. The molecule has 0 amide bonds. The lowest BCUT2D eigenvalue weighted by atomic mass is 10.1.